The Morgan fingerprint density at radius 2 is 1.90 bits per heavy atom. The van der Waals surface area contributed by atoms with Gasteiger partial charge in [0.25, 0.3) is 0 Å². The van der Waals surface area contributed by atoms with Gasteiger partial charge in [-0.25, -0.2) is 0 Å². The highest BCUT2D eigenvalue weighted by molar-refractivity contribution is 5.87. The van der Waals surface area contributed by atoms with Gasteiger partial charge in [-0.1, -0.05) is 0 Å². The van der Waals surface area contributed by atoms with E-state index in [-0.39, 0.29) is 5.91 Å². The van der Waals surface area contributed by atoms with Crippen LogP contribution >= 0.6 is 0 Å². The monoisotopic (exact) mass is 422 g/mol. The summed E-state index contributed by atoms with van der Waals surface area (Å²) in [6.07, 6.45) is 1.83. The van der Waals surface area contributed by atoms with Crippen LogP contribution in [-0.4, -0.2) is 49.8 Å². The largest absolute Gasteiger partial charge is 0.497 e. The summed E-state index contributed by atoms with van der Waals surface area (Å²) in [5.41, 5.74) is 4.43. The molecule has 0 bridgehead atoms. The van der Waals surface area contributed by atoms with Crippen molar-refractivity contribution in [1.82, 2.24) is 9.88 Å². The highest BCUT2D eigenvalue weighted by Gasteiger charge is 2.25. The number of aryl methyl sites for hydroxylation is 1. The Bertz CT molecular complexity index is 1140. The Labute approximate surface area is 180 Å². The van der Waals surface area contributed by atoms with Gasteiger partial charge in [0.1, 0.15) is 24.7 Å². The van der Waals surface area contributed by atoms with Crippen LogP contribution in [0.1, 0.15) is 23.2 Å². The maximum atomic E-state index is 13.0. The molecule has 5 rings (SSSR count). The van der Waals surface area contributed by atoms with E-state index >= 15 is 0 Å². The maximum Gasteiger partial charge on any atom is 0.223 e. The number of hydrogen-bond acceptors (Lipinski definition) is 5. The lowest BCUT2D eigenvalue weighted by atomic mass is 10.0. The minimum absolute atomic E-state index is 0.139. The Morgan fingerprint density at radius 3 is 2.68 bits per heavy atom. The number of aromatic nitrogens is 1. The van der Waals surface area contributed by atoms with Crippen LogP contribution in [0.2, 0.25) is 0 Å². The highest BCUT2D eigenvalue weighted by atomic mass is 16.6. The summed E-state index contributed by atoms with van der Waals surface area (Å²) in [5, 5.41) is 1.13. The summed E-state index contributed by atoms with van der Waals surface area (Å²) in [5.74, 6) is 3.09. The van der Waals surface area contributed by atoms with Gasteiger partial charge < -0.3 is 28.8 Å². The number of nitrogens with one attached hydrogen (secondary N) is 1. The number of carbonyl (C=O) groups excluding carboxylic acids is 1. The fraction of sp³-hybridized carbons (Fsp3) is 0.375. The third-order valence-electron chi connectivity index (χ3n) is 6.09. The summed E-state index contributed by atoms with van der Waals surface area (Å²) in [6, 6.07) is 9.81. The molecule has 7 heteroatoms. The van der Waals surface area contributed by atoms with Gasteiger partial charge in [-0.05, 0) is 36.2 Å². The maximum absolute atomic E-state index is 13.0. The topological polar surface area (TPSA) is 73.0 Å². The molecular formula is C24H26N2O5. The summed E-state index contributed by atoms with van der Waals surface area (Å²) in [6.45, 7) is 2.39. The fourth-order valence-electron chi connectivity index (χ4n) is 4.43. The number of carbonyl (C=O) groups is 1. The molecule has 0 radical (unpaired) electrons. The Kier molecular flexibility index (Phi) is 5.10. The highest BCUT2D eigenvalue weighted by Crippen LogP contribution is 2.37. The number of fused-ring (bicyclic) bond motifs is 4. The number of aromatic amines is 1. The van der Waals surface area contributed by atoms with Crippen molar-refractivity contribution in [3.8, 4) is 23.0 Å². The van der Waals surface area contributed by atoms with Crippen molar-refractivity contribution < 1.29 is 23.7 Å². The van der Waals surface area contributed by atoms with Crippen molar-refractivity contribution in [3.63, 3.8) is 0 Å². The van der Waals surface area contributed by atoms with E-state index < -0.39 is 0 Å². The number of methoxy groups -OCH3 is 2. The first-order valence-electron chi connectivity index (χ1n) is 10.6. The molecule has 162 valence electrons. The second kappa shape index (κ2) is 8.06. The standard InChI is InChI=1S/C24H26N2O5/c1-28-16-4-5-19-17(12-16)18-14-26(8-7-20(18)25-19)24(27)6-3-15-11-22-23(13-21(15)29-2)31-10-9-30-22/h4-5,11-13,25H,3,6-10,14H2,1-2H3. The predicted octanol–water partition coefficient (Wildman–Crippen LogP) is 3.47. The van der Waals surface area contributed by atoms with Crippen LogP contribution in [0.4, 0.5) is 0 Å². The molecule has 0 spiro atoms. The van der Waals surface area contributed by atoms with Crippen molar-refractivity contribution in [3.05, 3.63) is 47.2 Å². The zero-order chi connectivity index (χ0) is 21.4. The molecule has 0 saturated carbocycles. The second-order valence-electron chi connectivity index (χ2n) is 7.87. The number of ether oxygens (including phenoxy) is 4. The lowest BCUT2D eigenvalue weighted by Gasteiger charge is -2.27. The molecule has 0 saturated heterocycles. The molecule has 0 aliphatic carbocycles. The molecule has 0 unspecified atom stereocenters. The third-order valence-corrected chi connectivity index (χ3v) is 6.09. The molecule has 2 aliphatic heterocycles. The zero-order valence-electron chi connectivity index (χ0n) is 17.8. The van der Waals surface area contributed by atoms with E-state index in [0.29, 0.717) is 50.6 Å². The van der Waals surface area contributed by atoms with Crippen LogP contribution in [0.5, 0.6) is 23.0 Å². The normalized spacial score (nSPS) is 15.0. The van der Waals surface area contributed by atoms with Crippen molar-refractivity contribution >= 4 is 16.8 Å². The van der Waals surface area contributed by atoms with E-state index in [1.54, 1.807) is 14.2 Å². The van der Waals surface area contributed by atoms with Crippen LogP contribution in [0.25, 0.3) is 10.9 Å². The van der Waals surface area contributed by atoms with Gasteiger partial charge in [-0.2, -0.15) is 0 Å². The fourth-order valence-corrected chi connectivity index (χ4v) is 4.43. The zero-order valence-corrected chi connectivity index (χ0v) is 17.8. The molecule has 1 amide bonds. The molecule has 0 atom stereocenters. The Morgan fingerprint density at radius 1 is 1.10 bits per heavy atom. The molecule has 3 aromatic rings. The Hall–Kier alpha value is -3.35. The quantitative estimate of drug-likeness (QED) is 0.682. The van der Waals surface area contributed by atoms with Crippen LogP contribution in [0.15, 0.2) is 30.3 Å². The van der Waals surface area contributed by atoms with Crippen LogP contribution in [-0.2, 0) is 24.2 Å². The minimum atomic E-state index is 0.139. The molecule has 1 N–H and O–H groups in total. The third kappa shape index (κ3) is 3.65. The molecule has 7 nitrogen and oxygen atoms in total. The number of hydrogen-bond donors (Lipinski definition) is 1. The summed E-state index contributed by atoms with van der Waals surface area (Å²) in [7, 11) is 3.30. The van der Waals surface area contributed by atoms with Gasteiger partial charge in [0.05, 0.1) is 14.2 Å². The minimum Gasteiger partial charge on any atom is -0.497 e. The lowest BCUT2D eigenvalue weighted by Crippen LogP contribution is -2.35. The molecule has 0 fully saturated rings. The first kappa shape index (κ1) is 19.6. The molecular weight excluding hydrogens is 396 g/mol. The van der Waals surface area contributed by atoms with E-state index in [1.165, 1.54) is 11.3 Å². The first-order valence-corrected chi connectivity index (χ1v) is 10.6. The van der Waals surface area contributed by atoms with Gasteiger partial charge in [-0.15, -0.1) is 0 Å². The van der Waals surface area contributed by atoms with Crippen LogP contribution < -0.4 is 18.9 Å². The van der Waals surface area contributed by atoms with E-state index in [0.717, 1.165) is 34.4 Å². The van der Waals surface area contributed by atoms with Crippen molar-refractivity contribution in [2.75, 3.05) is 34.0 Å². The van der Waals surface area contributed by atoms with Gasteiger partial charge in [-0.3, -0.25) is 4.79 Å². The van der Waals surface area contributed by atoms with Crippen molar-refractivity contribution in [2.45, 2.75) is 25.8 Å². The van der Waals surface area contributed by atoms with E-state index in [4.69, 9.17) is 18.9 Å². The lowest BCUT2D eigenvalue weighted by molar-refractivity contribution is -0.132. The summed E-state index contributed by atoms with van der Waals surface area (Å²) in [4.78, 5) is 18.5. The number of amides is 1. The number of rotatable bonds is 5. The molecule has 2 aliphatic rings. The van der Waals surface area contributed by atoms with E-state index in [1.807, 2.05) is 35.2 Å². The van der Waals surface area contributed by atoms with Crippen LogP contribution in [0, 0.1) is 0 Å². The van der Waals surface area contributed by atoms with Gasteiger partial charge in [0.2, 0.25) is 5.91 Å². The van der Waals surface area contributed by atoms with E-state index in [2.05, 4.69) is 4.98 Å². The van der Waals surface area contributed by atoms with Gasteiger partial charge >= 0.3 is 0 Å². The first-order chi connectivity index (χ1) is 15.2. The summed E-state index contributed by atoms with van der Waals surface area (Å²) < 4.78 is 22.2. The van der Waals surface area contributed by atoms with Crippen molar-refractivity contribution in [1.29, 1.82) is 0 Å². The van der Waals surface area contributed by atoms with Gasteiger partial charge in [0, 0.05) is 54.2 Å². The molecule has 2 aromatic carbocycles. The summed E-state index contributed by atoms with van der Waals surface area (Å²) >= 11 is 0. The SMILES string of the molecule is COc1ccc2[nH]c3c(c2c1)CN(C(=O)CCc1cc2c(cc1OC)OCCO2)CC3. The Balaban J connectivity index is 1.31. The van der Waals surface area contributed by atoms with E-state index in [9.17, 15) is 4.79 Å². The average molecular weight is 422 g/mol. The molecule has 1 aromatic heterocycles. The van der Waals surface area contributed by atoms with Crippen LogP contribution in [0.3, 0.4) is 0 Å². The number of nitrogens with zero attached hydrogens (tertiary/aromatic N) is 1. The molecule has 3 heterocycles. The number of benzene rings is 2. The van der Waals surface area contributed by atoms with Gasteiger partial charge in [0.15, 0.2) is 11.5 Å². The predicted molar refractivity (Wildman–Crippen MR) is 116 cm³/mol. The smallest absolute Gasteiger partial charge is 0.223 e. The average Bonchev–Trinajstić information content (AvgIpc) is 3.18. The van der Waals surface area contributed by atoms with Crippen molar-refractivity contribution in [2.24, 2.45) is 0 Å². The number of H-pyrrole nitrogens is 1. The second-order valence-corrected chi connectivity index (χ2v) is 7.87. The molecule has 31 heavy (non-hydrogen) atoms.